The van der Waals surface area contributed by atoms with Crippen molar-refractivity contribution in [1.29, 1.82) is 0 Å². The van der Waals surface area contributed by atoms with Crippen LogP contribution in [0, 0.1) is 11.8 Å². The zero-order valence-corrected chi connectivity index (χ0v) is 15.9. The summed E-state index contributed by atoms with van der Waals surface area (Å²) in [6, 6.07) is -0.667. The highest BCUT2D eigenvalue weighted by molar-refractivity contribution is 5.91. The number of carbonyl (C=O) groups is 2. The van der Waals surface area contributed by atoms with Gasteiger partial charge in [-0.1, -0.05) is 27.7 Å². The van der Waals surface area contributed by atoms with Gasteiger partial charge in [-0.15, -0.1) is 0 Å². The standard InChI is InChI=1S/C18H35N3O3/c1-13(2)16(19-5)18(23)20-15(17(22)14(3)4)7-6-8-21-9-11-24-12-10-21/h13-16,19H,6-12H2,1-5H3,(H,20,23)/t15-,16-/m0/s1. The molecule has 140 valence electrons. The molecule has 24 heavy (non-hydrogen) atoms. The smallest absolute Gasteiger partial charge is 0.237 e. The van der Waals surface area contributed by atoms with E-state index in [1.807, 2.05) is 27.7 Å². The van der Waals surface area contributed by atoms with E-state index in [0.29, 0.717) is 6.42 Å². The van der Waals surface area contributed by atoms with Crippen LogP contribution in [0.5, 0.6) is 0 Å². The minimum Gasteiger partial charge on any atom is -0.379 e. The predicted octanol–water partition coefficient (Wildman–Crippen LogP) is 1.05. The molecule has 0 aromatic heterocycles. The van der Waals surface area contributed by atoms with Crippen molar-refractivity contribution in [1.82, 2.24) is 15.5 Å². The molecule has 0 aromatic carbocycles. The number of hydrogen-bond donors (Lipinski definition) is 2. The third kappa shape index (κ3) is 6.87. The van der Waals surface area contributed by atoms with Crippen molar-refractivity contribution >= 4 is 11.7 Å². The first kappa shape index (κ1) is 21.1. The molecule has 2 N–H and O–H groups in total. The van der Waals surface area contributed by atoms with Crippen LogP contribution < -0.4 is 10.6 Å². The lowest BCUT2D eigenvalue weighted by atomic mass is 9.96. The second-order valence-corrected chi connectivity index (χ2v) is 7.22. The lowest BCUT2D eigenvalue weighted by Gasteiger charge is -2.28. The van der Waals surface area contributed by atoms with Crippen molar-refractivity contribution in [2.75, 3.05) is 39.9 Å². The van der Waals surface area contributed by atoms with Crippen molar-refractivity contribution in [3.63, 3.8) is 0 Å². The highest BCUT2D eigenvalue weighted by Gasteiger charge is 2.27. The Morgan fingerprint density at radius 3 is 2.25 bits per heavy atom. The van der Waals surface area contributed by atoms with Crippen LogP contribution in [0.2, 0.25) is 0 Å². The van der Waals surface area contributed by atoms with Crippen LogP contribution in [0.3, 0.4) is 0 Å². The topological polar surface area (TPSA) is 70.7 Å². The fourth-order valence-electron chi connectivity index (χ4n) is 3.06. The summed E-state index contributed by atoms with van der Waals surface area (Å²) in [7, 11) is 1.78. The first-order valence-electron chi connectivity index (χ1n) is 9.18. The molecule has 1 rings (SSSR count). The highest BCUT2D eigenvalue weighted by atomic mass is 16.5. The zero-order valence-electron chi connectivity index (χ0n) is 15.9. The maximum Gasteiger partial charge on any atom is 0.237 e. The maximum absolute atomic E-state index is 12.5. The van der Waals surface area contributed by atoms with Crippen LogP contribution >= 0.6 is 0 Å². The number of Topliss-reactive ketones (excluding diaryl/α,β-unsaturated/α-hetero) is 1. The van der Waals surface area contributed by atoms with Gasteiger partial charge in [0.2, 0.25) is 5.91 Å². The lowest BCUT2D eigenvalue weighted by molar-refractivity contribution is -0.131. The Morgan fingerprint density at radius 2 is 1.75 bits per heavy atom. The Balaban J connectivity index is 2.56. The van der Waals surface area contributed by atoms with Crippen LogP contribution in [-0.2, 0) is 14.3 Å². The maximum atomic E-state index is 12.5. The van der Waals surface area contributed by atoms with Crippen molar-refractivity contribution in [2.45, 2.75) is 52.6 Å². The molecule has 0 aliphatic carbocycles. The van der Waals surface area contributed by atoms with Crippen molar-refractivity contribution in [3.8, 4) is 0 Å². The monoisotopic (exact) mass is 341 g/mol. The van der Waals surface area contributed by atoms with Crippen LogP contribution in [0.4, 0.5) is 0 Å². The summed E-state index contributed by atoms with van der Waals surface area (Å²) < 4.78 is 5.35. The predicted molar refractivity (Wildman–Crippen MR) is 96.0 cm³/mol. The number of hydrogen-bond acceptors (Lipinski definition) is 5. The number of amides is 1. The van der Waals surface area contributed by atoms with E-state index in [4.69, 9.17) is 4.74 Å². The van der Waals surface area contributed by atoms with Gasteiger partial charge in [0.15, 0.2) is 5.78 Å². The average Bonchev–Trinajstić information content (AvgIpc) is 2.54. The summed E-state index contributed by atoms with van der Waals surface area (Å²) in [4.78, 5) is 27.3. The van der Waals surface area contributed by atoms with Gasteiger partial charge < -0.3 is 15.4 Å². The average molecular weight is 341 g/mol. The molecule has 6 nitrogen and oxygen atoms in total. The summed E-state index contributed by atoms with van der Waals surface area (Å²) in [6.45, 7) is 12.2. The molecule has 1 fully saturated rings. The van der Waals surface area contributed by atoms with Crippen LogP contribution in [-0.4, -0.2) is 68.6 Å². The number of nitrogens with one attached hydrogen (secondary N) is 2. The van der Waals surface area contributed by atoms with Gasteiger partial charge in [-0.05, 0) is 32.4 Å². The van der Waals surface area contributed by atoms with Crippen LogP contribution in [0.15, 0.2) is 0 Å². The van der Waals surface area contributed by atoms with Gasteiger partial charge in [0.05, 0.1) is 25.3 Å². The Morgan fingerprint density at radius 1 is 1.12 bits per heavy atom. The molecule has 6 heteroatoms. The molecule has 0 spiro atoms. The largest absolute Gasteiger partial charge is 0.379 e. The quantitative estimate of drug-likeness (QED) is 0.622. The van der Waals surface area contributed by atoms with Gasteiger partial charge in [-0.2, -0.15) is 0 Å². The molecule has 0 unspecified atom stereocenters. The van der Waals surface area contributed by atoms with Gasteiger partial charge in [0.1, 0.15) is 0 Å². The zero-order chi connectivity index (χ0) is 18.1. The fourth-order valence-corrected chi connectivity index (χ4v) is 3.06. The fraction of sp³-hybridized carbons (Fsp3) is 0.889. The molecule has 0 bridgehead atoms. The number of nitrogens with zero attached hydrogens (tertiary/aromatic N) is 1. The molecular weight excluding hydrogens is 306 g/mol. The normalized spacial score (nSPS) is 18.6. The molecule has 1 aliphatic rings. The van der Waals surface area contributed by atoms with Crippen molar-refractivity contribution < 1.29 is 14.3 Å². The molecule has 1 heterocycles. The Hall–Kier alpha value is -0.980. The number of ketones is 1. The molecule has 2 atom stereocenters. The van der Waals surface area contributed by atoms with E-state index in [-0.39, 0.29) is 29.6 Å². The first-order chi connectivity index (χ1) is 11.4. The molecule has 1 saturated heterocycles. The summed E-state index contributed by atoms with van der Waals surface area (Å²) >= 11 is 0. The van der Waals surface area contributed by atoms with Gasteiger partial charge in [-0.25, -0.2) is 0 Å². The molecule has 0 saturated carbocycles. The number of carbonyl (C=O) groups excluding carboxylic acids is 2. The van der Waals surface area contributed by atoms with Gasteiger partial charge >= 0.3 is 0 Å². The SMILES string of the molecule is CN[C@H](C(=O)N[C@@H](CCCN1CCOCC1)C(=O)C(C)C)C(C)C. The van der Waals surface area contributed by atoms with E-state index < -0.39 is 6.04 Å². The minimum atomic E-state index is -0.395. The van der Waals surface area contributed by atoms with Gasteiger partial charge in [0.25, 0.3) is 0 Å². The van der Waals surface area contributed by atoms with Gasteiger partial charge in [0, 0.05) is 19.0 Å². The van der Waals surface area contributed by atoms with E-state index in [0.717, 1.165) is 39.3 Å². The van der Waals surface area contributed by atoms with E-state index in [1.54, 1.807) is 7.05 Å². The highest BCUT2D eigenvalue weighted by Crippen LogP contribution is 2.10. The molecule has 0 aromatic rings. The summed E-state index contributed by atoms with van der Waals surface area (Å²) in [6.07, 6.45) is 1.59. The Labute approximate surface area is 146 Å². The summed E-state index contributed by atoms with van der Waals surface area (Å²) in [5, 5.41) is 6.01. The summed E-state index contributed by atoms with van der Waals surface area (Å²) in [5.74, 6) is 0.130. The third-order valence-electron chi connectivity index (χ3n) is 4.56. The number of ether oxygens (including phenoxy) is 1. The van der Waals surface area contributed by atoms with E-state index in [2.05, 4.69) is 15.5 Å². The number of rotatable bonds is 10. The van der Waals surface area contributed by atoms with E-state index in [1.165, 1.54) is 0 Å². The van der Waals surface area contributed by atoms with Crippen molar-refractivity contribution in [3.05, 3.63) is 0 Å². The molecule has 1 aliphatic heterocycles. The lowest BCUT2D eigenvalue weighted by Crippen LogP contribution is -2.52. The second kappa shape index (κ2) is 10.8. The Kier molecular flexibility index (Phi) is 9.48. The van der Waals surface area contributed by atoms with E-state index >= 15 is 0 Å². The minimum absolute atomic E-state index is 0.0780. The molecule has 0 radical (unpaired) electrons. The van der Waals surface area contributed by atoms with E-state index in [9.17, 15) is 9.59 Å². The van der Waals surface area contributed by atoms with Crippen molar-refractivity contribution in [2.24, 2.45) is 11.8 Å². The third-order valence-corrected chi connectivity index (χ3v) is 4.56. The number of morpholine rings is 1. The Bertz CT molecular complexity index is 393. The first-order valence-corrected chi connectivity index (χ1v) is 9.18. The molecule has 1 amide bonds. The summed E-state index contributed by atoms with van der Waals surface area (Å²) in [5.41, 5.74) is 0. The van der Waals surface area contributed by atoms with Crippen LogP contribution in [0.1, 0.15) is 40.5 Å². The van der Waals surface area contributed by atoms with Gasteiger partial charge in [-0.3, -0.25) is 14.5 Å². The second-order valence-electron chi connectivity index (χ2n) is 7.22. The van der Waals surface area contributed by atoms with Crippen LogP contribution in [0.25, 0.3) is 0 Å². The number of likely N-dealkylation sites (N-methyl/N-ethyl adjacent to an activating group) is 1. The molecular formula is C18H35N3O3.